The lowest BCUT2D eigenvalue weighted by Crippen LogP contribution is -2.13. The van der Waals surface area contributed by atoms with E-state index in [1.165, 1.54) is 17.4 Å². The Morgan fingerprint density at radius 2 is 2.17 bits per heavy atom. The van der Waals surface area contributed by atoms with Gasteiger partial charge in [-0.25, -0.2) is 0 Å². The van der Waals surface area contributed by atoms with Crippen LogP contribution in [0, 0.1) is 0 Å². The number of thiophene rings is 1. The molecule has 1 atom stereocenters. The van der Waals surface area contributed by atoms with E-state index in [0.717, 1.165) is 4.88 Å². The first-order valence-corrected chi connectivity index (χ1v) is 6.57. The summed E-state index contributed by atoms with van der Waals surface area (Å²) in [6, 6.07) is 8.24. The second kappa shape index (κ2) is 5.42. The van der Waals surface area contributed by atoms with E-state index in [0.29, 0.717) is 10.6 Å². The van der Waals surface area contributed by atoms with Gasteiger partial charge < -0.3 is 10.2 Å². The SMILES string of the molecule is O=C(O)C(Cc1cc(Cl)ccc1O)c1cccs1. The van der Waals surface area contributed by atoms with E-state index in [1.807, 2.05) is 11.4 Å². The lowest BCUT2D eigenvalue weighted by Gasteiger charge is -2.12. The minimum Gasteiger partial charge on any atom is -0.508 e. The van der Waals surface area contributed by atoms with E-state index in [2.05, 4.69) is 0 Å². The predicted octanol–water partition coefficient (Wildman–Crippen LogP) is 3.52. The topological polar surface area (TPSA) is 57.5 Å². The molecule has 0 aliphatic rings. The van der Waals surface area contributed by atoms with Crippen LogP contribution in [0.15, 0.2) is 35.7 Å². The molecule has 0 amide bonds. The van der Waals surface area contributed by atoms with Crippen molar-refractivity contribution in [3.63, 3.8) is 0 Å². The highest BCUT2D eigenvalue weighted by atomic mass is 35.5. The Labute approximate surface area is 113 Å². The number of benzene rings is 1. The van der Waals surface area contributed by atoms with Gasteiger partial charge >= 0.3 is 5.97 Å². The van der Waals surface area contributed by atoms with Gasteiger partial charge in [0.15, 0.2) is 0 Å². The van der Waals surface area contributed by atoms with Gasteiger partial charge in [0, 0.05) is 9.90 Å². The number of hydrogen-bond donors (Lipinski definition) is 2. The number of rotatable bonds is 4. The first-order chi connectivity index (χ1) is 8.58. The standard InChI is InChI=1S/C13H11ClO3S/c14-9-3-4-11(15)8(6-9)7-10(13(16)17)12-2-1-5-18-12/h1-6,10,15H,7H2,(H,16,17). The van der Waals surface area contributed by atoms with Crippen LogP contribution >= 0.6 is 22.9 Å². The van der Waals surface area contributed by atoms with Gasteiger partial charge in [0.1, 0.15) is 5.75 Å². The van der Waals surface area contributed by atoms with Crippen molar-refractivity contribution in [1.29, 1.82) is 0 Å². The molecule has 0 fully saturated rings. The first-order valence-electron chi connectivity index (χ1n) is 5.31. The molecule has 1 aromatic carbocycles. The summed E-state index contributed by atoms with van der Waals surface area (Å²) in [5.41, 5.74) is 0.545. The minimum absolute atomic E-state index is 0.0715. The van der Waals surface area contributed by atoms with E-state index in [1.54, 1.807) is 18.2 Å². The predicted molar refractivity (Wildman–Crippen MR) is 71.5 cm³/mol. The highest BCUT2D eigenvalue weighted by molar-refractivity contribution is 7.10. The maximum absolute atomic E-state index is 11.3. The molecule has 94 valence electrons. The lowest BCUT2D eigenvalue weighted by atomic mass is 9.97. The van der Waals surface area contributed by atoms with Gasteiger partial charge in [0.25, 0.3) is 0 Å². The summed E-state index contributed by atoms with van der Waals surface area (Å²) < 4.78 is 0. The van der Waals surface area contributed by atoms with Crippen LogP contribution in [0.4, 0.5) is 0 Å². The van der Waals surface area contributed by atoms with E-state index in [-0.39, 0.29) is 12.2 Å². The van der Waals surface area contributed by atoms with Gasteiger partial charge in [-0.3, -0.25) is 4.79 Å². The van der Waals surface area contributed by atoms with Crippen LogP contribution < -0.4 is 0 Å². The second-order valence-corrected chi connectivity index (χ2v) is 5.30. The third-order valence-corrected chi connectivity index (χ3v) is 3.87. The molecule has 2 rings (SSSR count). The molecule has 1 aromatic heterocycles. The molecule has 1 heterocycles. The van der Waals surface area contributed by atoms with Gasteiger partial charge in [0.2, 0.25) is 0 Å². The van der Waals surface area contributed by atoms with E-state index >= 15 is 0 Å². The van der Waals surface area contributed by atoms with Crippen LogP contribution in [-0.2, 0) is 11.2 Å². The fourth-order valence-corrected chi connectivity index (χ4v) is 2.75. The number of carboxylic acids is 1. The molecule has 0 radical (unpaired) electrons. The normalized spacial score (nSPS) is 12.3. The zero-order valence-electron chi connectivity index (χ0n) is 9.34. The van der Waals surface area contributed by atoms with Crippen molar-refractivity contribution in [3.8, 4) is 5.75 Å². The smallest absolute Gasteiger partial charge is 0.312 e. The fraction of sp³-hybridized carbons (Fsp3) is 0.154. The van der Waals surface area contributed by atoms with Gasteiger partial charge in [-0.05, 0) is 41.6 Å². The zero-order valence-corrected chi connectivity index (χ0v) is 10.9. The largest absolute Gasteiger partial charge is 0.508 e. The molecule has 0 aliphatic heterocycles. The van der Waals surface area contributed by atoms with Crippen LogP contribution in [0.1, 0.15) is 16.4 Å². The third kappa shape index (κ3) is 2.83. The molecular formula is C13H11ClO3S. The van der Waals surface area contributed by atoms with Crippen molar-refractivity contribution >= 4 is 28.9 Å². The van der Waals surface area contributed by atoms with Gasteiger partial charge in [0.05, 0.1) is 5.92 Å². The molecule has 0 saturated carbocycles. The molecule has 1 unspecified atom stereocenters. The first kappa shape index (κ1) is 12.9. The van der Waals surface area contributed by atoms with Crippen molar-refractivity contribution < 1.29 is 15.0 Å². The minimum atomic E-state index is -0.906. The molecule has 5 heteroatoms. The number of halogens is 1. The van der Waals surface area contributed by atoms with Gasteiger partial charge in [-0.2, -0.15) is 0 Å². The average molecular weight is 283 g/mol. The molecule has 0 bridgehead atoms. The zero-order chi connectivity index (χ0) is 13.1. The van der Waals surface area contributed by atoms with E-state index in [4.69, 9.17) is 11.6 Å². The molecule has 0 saturated heterocycles. The van der Waals surface area contributed by atoms with Crippen LogP contribution in [0.25, 0.3) is 0 Å². The number of phenols is 1. The Morgan fingerprint density at radius 1 is 1.39 bits per heavy atom. The Kier molecular flexibility index (Phi) is 3.89. The summed E-state index contributed by atoms with van der Waals surface area (Å²) in [6.45, 7) is 0. The highest BCUT2D eigenvalue weighted by Gasteiger charge is 2.22. The van der Waals surface area contributed by atoms with Gasteiger partial charge in [-0.15, -0.1) is 11.3 Å². The Hall–Kier alpha value is -1.52. The lowest BCUT2D eigenvalue weighted by molar-refractivity contribution is -0.138. The maximum atomic E-state index is 11.3. The number of aliphatic carboxylic acids is 1. The Bertz CT molecular complexity index is 551. The maximum Gasteiger partial charge on any atom is 0.312 e. The highest BCUT2D eigenvalue weighted by Crippen LogP contribution is 2.30. The summed E-state index contributed by atoms with van der Waals surface area (Å²) in [5, 5.41) is 21.3. The second-order valence-electron chi connectivity index (χ2n) is 3.88. The van der Waals surface area contributed by atoms with Crippen LogP contribution in [0.2, 0.25) is 5.02 Å². The summed E-state index contributed by atoms with van der Waals surface area (Å²) in [5.74, 6) is -1.49. The van der Waals surface area contributed by atoms with E-state index in [9.17, 15) is 15.0 Å². The number of carboxylic acid groups (broad SMARTS) is 1. The Morgan fingerprint density at radius 3 is 2.78 bits per heavy atom. The monoisotopic (exact) mass is 282 g/mol. The van der Waals surface area contributed by atoms with Gasteiger partial charge in [-0.1, -0.05) is 17.7 Å². The van der Waals surface area contributed by atoms with Crippen molar-refractivity contribution in [3.05, 3.63) is 51.2 Å². The molecule has 3 nitrogen and oxygen atoms in total. The van der Waals surface area contributed by atoms with Crippen molar-refractivity contribution in [2.45, 2.75) is 12.3 Å². The fourth-order valence-electron chi connectivity index (χ4n) is 1.74. The summed E-state index contributed by atoms with van der Waals surface area (Å²) >= 11 is 7.24. The number of aromatic hydroxyl groups is 1. The van der Waals surface area contributed by atoms with Crippen molar-refractivity contribution in [1.82, 2.24) is 0 Å². The Balaban J connectivity index is 2.30. The number of phenolic OH excluding ortho intramolecular Hbond substituents is 1. The summed E-state index contributed by atoms with van der Waals surface area (Å²) in [4.78, 5) is 12.1. The third-order valence-electron chi connectivity index (χ3n) is 2.65. The summed E-state index contributed by atoms with van der Waals surface area (Å²) in [7, 11) is 0. The van der Waals surface area contributed by atoms with Crippen molar-refractivity contribution in [2.75, 3.05) is 0 Å². The summed E-state index contributed by atoms with van der Waals surface area (Å²) in [6.07, 6.45) is 0.224. The quantitative estimate of drug-likeness (QED) is 0.902. The molecule has 18 heavy (non-hydrogen) atoms. The number of hydrogen-bond acceptors (Lipinski definition) is 3. The molecule has 2 aromatic rings. The molecule has 0 aliphatic carbocycles. The van der Waals surface area contributed by atoms with Crippen LogP contribution in [0.3, 0.4) is 0 Å². The molecule has 2 N–H and O–H groups in total. The van der Waals surface area contributed by atoms with Crippen LogP contribution in [0.5, 0.6) is 5.75 Å². The van der Waals surface area contributed by atoms with E-state index < -0.39 is 11.9 Å². The number of carbonyl (C=O) groups is 1. The molecular weight excluding hydrogens is 272 g/mol. The average Bonchev–Trinajstić information content (AvgIpc) is 2.83. The van der Waals surface area contributed by atoms with Crippen molar-refractivity contribution in [2.24, 2.45) is 0 Å². The van der Waals surface area contributed by atoms with Crippen LogP contribution in [-0.4, -0.2) is 16.2 Å². The molecule has 0 spiro atoms.